The Labute approximate surface area is 124 Å². The summed E-state index contributed by atoms with van der Waals surface area (Å²) >= 11 is 0. The van der Waals surface area contributed by atoms with Crippen LogP contribution in [0.2, 0.25) is 0 Å². The molecule has 1 fully saturated rings. The molecule has 0 aromatic heterocycles. The molecule has 1 heteroatoms. The molecular weight excluding hydrogens is 244 g/mol. The first-order valence-corrected chi connectivity index (χ1v) is 7.69. The summed E-state index contributed by atoms with van der Waals surface area (Å²) in [6, 6.07) is 0. The minimum Gasteiger partial charge on any atom is -0.500 e. The van der Waals surface area contributed by atoms with Crippen molar-refractivity contribution in [2.45, 2.75) is 47.0 Å². The Kier molecular flexibility index (Phi) is 3.57. The average Bonchev–Trinajstić information content (AvgIpc) is 2.78. The van der Waals surface area contributed by atoms with Crippen LogP contribution in [0.3, 0.4) is 0 Å². The normalized spacial score (nSPS) is 43.0. The molecule has 2 aliphatic carbocycles. The number of hydrogen-bond acceptors (Lipinski definition) is 1. The van der Waals surface area contributed by atoms with Crippen molar-refractivity contribution < 1.29 is 4.74 Å². The van der Waals surface area contributed by atoms with Crippen LogP contribution >= 0.6 is 0 Å². The van der Waals surface area contributed by atoms with Crippen molar-refractivity contribution >= 4 is 0 Å². The van der Waals surface area contributed by atoms with Gasteiger partial charge < -0.3 is 4.74 Å². The van der Waals surface area contributed by atoms with Crippen LogP contribution in [0.25, 0.3) is 0 Å². The van der Waals surface area contributed by atoms with Crippen LogP contribution in [0.5, 0.6) is 0 Å². The van der Waals surface area contributed by atoms with Gasteiger partial charge in [-0.1, -0.05) is 32.8 Å². The van der Waals surface area contributed by atoms with Crippen molar-refractivity contribution in [1.82, 2.24) is 0 Å². The Morgan fingerprint density at radius 1 is 1.55 bits per heavy atom. The zero-order valence-electron chi connectivity index (χ0n) is 13.6. The quantitative estimate of drug-likeness (QED) is 0.527. The first-order chi connectivity index (χ1) is 9.33. The zero-order chi connectivity index (χ0) is 15.2. The zero-order valence-corrected chi connectivity index (χ0v) is 13.6. The predicted octanol–water partition coefficient (Wildman–Crippen LogP) is 4.80. The molecule has 0 unspecified atom stereocenters. The SMILES string of the molecule is C#C[C@@]1(C)C(OC)=C[C@]2(C)[C@@H](C(C)C)CC[C@]12CC=C. The van der Waals surface area contributed by atoms with Gasteiger partial charge in [0, 0.05) is 5.41 Å². The monoisotopic (exact) mass is 272 g/mol. The van der Waals surface area contributed by atoms with Crippen LogP contribution in [0.1, 0.15) is 47.0 Å². The molecule has 0 saturated heterocycles. The number of fused-ring (bicyclic) bond motifs is 1. The summed E-state index contributed by atoms with van der Waals surface area (Å²) in [6.07, 6.45) is 13.7. The van der Waals surface area contributed by atoms with Crippen molar-refractivity contribution in [3.05, 3.63) is 24.5 Å². The van der Waals surface area contributed by atoms with Crippen LogP contribution in [0, 0.1) is 40.4 Å². The lowest BCUT2D eigenvalue weighted by molar-refractivity contribution is 0.0210. The van der Waals surface area contributed by atoms with E-state index in [2.05, 4.69) is 46.3 Å². The van der Waals surface area contributed by atoms with Gasteiger partial charge in [0.15, 0.2) is 0 Å². The highest BCUT2D eigenvalue weighted by Gasteiger charge is 2.68. The Morgan fingerprint density at radius 2 is 2.20 bits per heavy atom. The molecule has 0 heterocycles. The molecule has 1 saturated carbocycles. The lowest BCUT2D eigenvalue weighted by atomic mass is 9.54. The Balaban J connectivity index is 2.65. The van der Waals surface area contributed by atoms with E-state index < -0.39 is 0 Å². The van der Waals surface area contributed by atoms with Crippen LogP contribution < -0.4 is 0 Å². The van der Waals surface area contributed by atoms with E-state index in [-0.39, 0.29) is 16.2 Å². The summed E-state index contributed by atoms with van der Waals surface area (Å²) in [5, 5.41) is 0. The van der Waals surface area contributed by atoms with Gasteiger partial charge in [0.2, 0.25) is 0 Å². The lowest BCUT2D eigenvalue weighted by Gasteiger charge is -2.48. The van der Waals surface area contributed by atoms with Gasteiger partial charge in [-0.25, -0.2) is 0 Å². The molecule has 0 N–H and O–H groups in total. The fourth-order valence-corrected chi connectivity index (χ4v) is 5.28. The van der Waals surface area contributed by atoms with Gasteiger partial charge in [-0.3, -0.25) is 0 Å². The van der Waals surface area contributed by atoms with Gasteiger partial charge >= 0.3 is 0 Å². The largest absolute Gasteiger partial charge is 0.500 e. The second-order valence-corrected chi connectivity index (χ2v) is 7.23. The van der Waals surface area contributed by atoms with E-state index in [0.29, 0.717) is 11.8 Å². The van der Waals surface area contributed by atoms with Crippen molar-refractivity contribution in [3.63, 3.8) is 0 Å². The maximum atomic E-state index is 5.98. The van der Waals surface area contributed by atoms with Crippen LogP contribution in [0.15, 0.2) is 24.5 Å². The molecule has 0 bridgehead atoms. The molecule has 0 spiro atoms. The number of allylic oxidation sites excluding steroid dienone is 3. The van der Waals surface area contributed by atoms with Gasteiger partial charge in [-0.2, -0.15) is 0 Å². The second-order valence-electron chi connectivity index (χ2n) is 7.23. The predicted molar refractivity (Wildman–Crippen MR) is 84.9 cm³/mol. The van der Waals surface area contributed by atoms with Gasteiger partial charge in [0.05, 0.1) is 12.5 Å². The molecule has 0 aromatic carbocycles. The fourth-order valence-electron chi connectivity index (χ4n) is 5.28. The first-order valence-electron chi connectivity index (χ1n) is 7.69. The maximum Gasteiger partial charge on any atom is 0.111 e. The van der Waals surface area contributed by atoms with Gasteiger partial charge in [0.25, 0.3) is 0 Å². The molecule has 2 rings (SSSR count). The van der Waals surface area contributed by atoms with Crippen molar-refractivity contribution in [1.29, 1.82) is 0 Å². The van der Waals surface area contributed by atoms with Crippen molar-refractivity contribution in [3.8, 4) is 12.3 Å². The number of rotatable bonds is 4. The fraction of sp³-hybridized carbons (Fsp3) is 0.684. The molecule has 0 aromatic rings. The number of hydrogen-bond donors (Lipinski definition) is 0. The third-order valence-electron chi connectivity index (χ3n) is 6.37. The van der Waals surface area contributed by atoms with Crippen molar-refractivity contribution in [2.75, 3.05) is 7.11 Å². The third-order valence-corrected chi connectivity index (χ3v) is 6.37. The minimum atomic E-state index is -0.325. The highest BCUT2D eigenvalue weighted by atomic mass is 16.5. The summed E-state index contributed by atoms with van der Waals surface area (Å²) in [7, 11) is 1.75. The minimum absolute atomic E-state index is 0.0524. The number of ether oxygens (including phenoxy) is 1. The molecule has 4 atom stereocenters. The standard InChI is InChI=1S/C19H28O/c1-8-11-19-12-10-15(14(3)4)18(19,6)13-16(20-7)17(19,5)9-2/h2,8,13-15H,1,10-12H2,3-7H3/t15-,17+,18-,19-/m1/s1. The summed E-state index contributed by atoms with van der Waals surface area (Å²) < 4.78 is 5.70. The summed E-state index contributed by atoms with van der Waals surface area (Å²) in [4.78, 5) is 0. The average molecular weight is 272 g/mol. The number of terminal acetylenes is 1. The summed E-state index contributed by atoms with van der Waals surface area (Å²) in [5.74, 6) is 5.37. The summed E-state index contributed by atoms with van der Waals surface area (Å²) in [5.41, 5.74) is -0.174. The van der Waals surface area contributed by atoms with Crippen LogP contribution in [-0.2, 0) is 4.74 Å². The van der Waals surface area contributed by atoms with E-state index in [0.717, 1.165) is 18.6 Å². The topological polar surface area (TPSA) is 9.23 Å². The molecule has 2 aliphatic rings. The smallest absolute Gasteiger partial charge is 0.111 e. The Morgan fingerprint density at radius 3 is 2.65 bits per heavy atom. The van der Waals surface area contributed by atoms with Crippen molar-refractivity contribution in [2.24, 2.45) is 28.1 Å². The first kappa shape index (κ1) is 15.2. The molecule has 0 aliphatic heterocycles. The van der Waals surface area contributed by atoms with E-state index in [9.17, 15) is 0 Å². The van der Waals surface area contributed by atoms with E-state index in [4.69, 9.17) is 11.2 Å². The maximum absolute atomic E-state index is 5.98. The highest BCUT2D eigenvalue weighted by molar-refractivity contribution is 5.40. The van der Waals surface area contributed by atoms with Gasteiger partial charge in [-0.15, -0.1) is 13.0 Å². The third kappa shape index (κ3) is 1.51. The van der Waals surface area contributed by atoms with E-state index in [1.165, 1.54) is 6.42 Å². The molecule has 20 heavy (non-hydrogen) atoms. The second kappa shape index (κ2) is 4.69. The Bertz CT molecular complexity index is 480. The van der Waals surface area contributed by atoms with E-state index in [1.54, 1.807) is 7.11 Å². The molecular formula is C19H28O. The highest BCUT2D eigenvalue weighted by Crippen LogP contribution is 2.73. The van der Waals surface area contributed by atoms with E-state index in [1.807, 2.05) is 6.08 Å². The van der Waals surface area contributed by atoms with Gasteiger partial charge in [-0.05, 0) is 49.5 Å². The number of methoxy groups -OCH3 is 1. The molecule has 110 valence electrons. The van der Waals surface area contributed by atoms with Crippen LogP contribution in [0.4, 0.5) is 0 Å². The van der Waals surface area contributed by atoms with Crippen LogP contribution in [-0.4, -0.2) is 7.11 Å². The molecule has 0 radical (unpaired) electrons. The van der Waals surface area contributed by atoms with E-state index >= 15 is 0 Å². The summed E-state index contributed by atoms with van der Waals surface area (Å²) in [6.45, 7) is 13.2. The molecule has 1 nitrogen and oxygen atoms in total. The molecule has 0 amide bonds. The Hall–Kier alpha value is -1.16. The lowest BCUT2D eigenvalue weighted by Crippen LogP contribution is -2.45. The van der Waals surface area contributed by atoms with Gasteiger partial charge in [0.1, 0.15) is 5.76 Å².